The zero-order valence-electron chi connectivity index (χ0n) is 8.26. The molecule has 0 amide bonds. The first kappa shape index (κ1) is 14.2. The van der Waals surface area contributed by atoms with Crippen LogP contribution in [0.1, 0.15) is 19.3 Å². The molecule has 0 aliphatic rings. The lowest BCUT2D eigenvalue weighted by Gasteiger charge is -2.18. The van der Waals surface area contributed by atoms with Crippen LogP contribution in [-0.4, -0.2) is 34.6 Å². The van der Waals surface area contributed by atoms with Gasteiger partial charge in [0.05, 0.1) is 19.1 Å². The van der Waals surface area contributed by atoms with Crippen molar-refractivity contribution >= 4 is 33.7 Å². The van der Waals surface area contributed by atoms with Gasteiger partial charge < -0.3 is 9.16 Å². The van der Waals surface area contributed by atoms with Gasteiger partial charge >= 0.3 is 0 Å². The lowest BCUT2D eigenvalue weighted by atomic mass is 10.2. The molecule has 0 aliphatic carbocycles. The van der Waals surface area contributed by atoms with Crippen molar-refractivity contribution in [3.8, 4) is 6.07 Å². The van der Waals surface area contributed by atoms with Crippen LogP contribution < -0.4 is 0 Å². The molecule has 82 valence electrons. The second-order valence-corrected chi connectivity index (χ2v) is 5.09. The van der Waals surface area contributed by atoms with E-state index in [-0.39, 0.29) is 0 Å². The second-order valence-electron chi connectivity index (χ2n) is 2.87. The van der Waals surface area contributed by atoms with Crippen molar-refractivity contribution in [3.05, 3.63) is 0 Å². The Hall–Kier alpha value is 0.207. The van der Waals surface area contributed by atoms with Gasteiger partial charge in [-0.1, -0.05) is 0 Å². The van der Waals surface area contributed by atoms with Gasteiger partial charge in [0.2, 0.25) is 0 Å². The van der Waals surface area contributed by atoms with Crippen LogP contribution in [0.3, 0.4) is 0 Å². The maximum absolute atomic E-state index is 8.25. The minimum absolute atomic E-state index is 0.404. The number of nitriles is 1. The molecule has 0 saturated heterocycles. The van der Waals surface area contributed by atoms with Crippen molar-refractivity contribution < 1.29 is 9.16 Å². The smallest absolute Gasteiger partial charge is 0.145 e. The Morgan fingerprint density at radius 1 is 1.21 bits per heavy atom. The van der Waals surface area contributed by atoms with Crippen molar-refractivity contribution in [3.63, 3.8) is 0 Å². The topological polar surface area (TPSA) is 42.2 Å². The highest BCUT2D eigenvalue weighted by Crippen LogP contribution is 2.29. The van der Waals surface area contributed by atoms with Gasteiger partial charge in [-0.15, -0.1) is 23.2 Å². The van der Waals surface area contributed by atoms with Crippen LogP contribution in [-0.2, 0) is 9.16 Å². The van der Waals surface area contributed by atoms with Crippen LogP contribution in [0.5, 0.6) is 0 Å². The molecule has 0 heterocycles. The average Bonchev–Trinajstić information content (AvgIpc) is 2.15. The Kier molecular flexibility index (Phi) is 8.64. The Balaban J connectivity index is 3.41. The Morgan fingerprint density at radius 2 is 1.86 bits per heavy atom. The highest BCUT2D eigenvalue weighted by molar-refractivity contribution is 6.48. The number of rotatable bonds is 8. The molecule has 0 fully saturated rings. The molecule has 0 N–H and O–H groups in total. The van der Waals surface area contributed by atoms with Gasteiger partial charge in [0.25, 0.3) is 0 Å². The SMILES string of the molecule is N#CCCOCCC(Cl)(Cl)CCO[SiH3]. The molecule has 0 atom stereocenters. The number of halogens is 2. The normalized spacial score (nSPS) is 11.5. The molecule has 0 aromatic rings. The summed E-state index contributed by atoms with van der Waals surface area (Å²) in [5.41, 5.74) is 0. The zero-order valence-corrected chi connectivity index (χ0v) is 11.8. The van der Waals surface area contributed by atoms with Crippen LogP contribution in [0.4, 0.5) is 0 Å². The van der Waals surface area contributed by atoms with Gasteiger partial charge in [0.15, 0.2) is 0 Å². The van der Waals surface area contributed by atoms with E-state index in [2.05, 4.69) is 0 Å². The summed E-state index contributed by atoms with van der Waals surface area (Å²) in [4.78, 5) is 0. The predicted octanol–water partition coefficient (Wildman–Crippen LogP) is 1.17. The monoisotopic (exact) mass is 255 g/mol. The van der Waals surface area contributed by atoms with Crippen molar-refractivity contribution in [1.29, 1.82) is 5.26 Å². The van der Waals surface area contributed by atoms with Gasteiger partial charge in [-0.2, -0.15) is 5.26 Å². The Bertz CT molecular complexity index is 185. The minimum atomic E-state index is -0.767. The first-order chi connectivity index (χ1) is 6.62. The number of ether oxygens (including phenoxy) is 1. The standard InChI is InChI=1S/C8H15Cl2NO2Si/c9-8(10,3-7-13-14)2-6-12-5-1-4-11/h1-3,5-7H2,14H3. The van der Waals surface area contributed by atoms with Gasteiger partial charge in [0.1, 0.15) is 14.8 Å². The van der Waals surface area contributed by atoms with E-state index in [1.54, 1.807) is 0 Å². The summed E-state index contributed by atoms with van der Waals surface area (Å²) in [5, 5.41) is 8.25. The third-order valence-electron chi connectivity index (χ3n) is 1.64. The molecule has 0 rings (SSSR count). The highest BCUT2D eigenvalue weighted by atomic mass is 35.5. The van der Waals surface area contributed by atoms with Crippen LogP contribution in [0, 0.1) is 11.3 Å². The number of nitrogens with zero attached hydrogens (tertiary/aromatic N) is 1. The average molecular weight is 256 g/mol. The highest BCUT2D eigenvalue weighted by Gasteiger charge is 2.22. The van der Waals surface area contributed by atoms with Crippen molar-refractivity contribution in [2.75, 3.05) is 19.8 Å². The fourth-order valence-electron chi connectivity index (χ4n) is 0.818. The predicted molar refractivity (Wildman–Crippen MR) is 60.6 cm³/mol. The molecule has 14 heavy (non-hydrogen) atoms. The summed E-state index contributed by atoms with van der Waals surface area (Å²) < 4.78 is 9.41. The van der Waals surface area contributed by atoms with Gasteiger partial charge in [-0.25, -0.2) is 0 Å². The first-order valence-corrected chi connectivity index (χ1v) is 6.01. The van der Waals surface area contributed by atoms with Crippen molar-refractivity contribution in [1.82, 2.24) is 0 Å². The lowest BCUT2D eigenvalue weighted by molar-refractivity contribution is 0.132. The van der Waals surface area contributed by atoms with E-state index in [0.717, 1.165) is 0 Å². The van der Waals surface area contributed by atoms with Crippen LogP contribution >= 0.6 is 23.2 Å². The molecule has 0 aromatic heterocycles. The summed E-state index contributed by atoms with van der Waals surface area (Å²) in [6.45, 7) is 1.52. The zero-order chi connectivity index (χ0) is 10.9. The van der Waals surface area contributed by atoms with E-state index in [0.29, 0.717) is 49.6 Å². The third-order valence-corrected chi connectivity index (χ3v) is 2.81. The summed E-state index contributed by atoms with van der Waals surface area (Å²) in [6, 6.07) is 1.99. The lowest BCUT2D eigenvalue weighted by Crippen LogP contribution is -2.18. The number of alkyl halides is 2. The molecule has 0 radical (unpaired) electrons. The third kappa shape index (κ3) is 8.79. The van der Waals surface area contributed by atoms with Crippen LogP contribution in [0.2, 0.25) is 0 Å². The summed E-state index contributed by atoms with van der Waals surface area (Å²) in [7, 11) is 0.704. The maximum Gasteiger partial charge on any atom is 0.145 e. The fourth-order valence-corrected chi connectivity index (χ4v) is 1.33. The molecule has 0 aliphatic heterocycles. The minimum Gasteiger partial charge on any atom is -0.428 e. The van der Waals surface area contributed by atoms with E-state index in [9.17, 15) is 0 Å². The van der Waals surface area contributed by atoms with E-state index >= 15 is 0 Å². The van der Waals surface area contributed by atoms with Gasteiger partial charge in [-0.05, 0) is 0 Å². The summed E-state index contributed by atoms with van der Waals surface area (Å²) in [5.74, 6) is 0. The van der Waals surface area contributed by atoms with E-state index in [4.69, 9.17) is 37.6 Å². The molecule has 6 heteroatoms. The van der Waals surface area contributed by atoms with Gasteiger partial charge in [-0.3, -0.25) is 0 Å². The second kappa shape index (κ2) is 8.51. The molecule has 3 nitrogen and oxygen atoms in total. The number of hydrogen-bond acceptors (Lipinski definition) is 3. The van der Waals surface area contributed by atoms with Crippen LogP contribution in [0.25, 0.3) is 0 Å². The van der Waals surface area contributed by atoms with Crippen LogP contribution in [0.15, 0.2) is 0 Å². The molecule has 0 bridgehead atoms. The summed E-state index contributed by atoms with van der Waals surface area (Å²) >= 11 is 12.0. The summed E-state index contributed by atoms with van der Waals surface area (Å²) in [6.07, 6.45) is 1.58. The Labute approximate surface area is 97.8 Å². The van der Waals surface area contributed by atoms with Crippen molar-refractivity contribution in [2.45, 2.75) is 23.6 Å². The number of hydrogen-bond donors (Lipinski definition) is 0. The van der Waals surface area contributed by atoms with E-state index < -0.39 is 4.33 Å². The Morgan fingerprint density at radius 3 is 2.43 bits per heavy atom. The molecule has 0 unspecified atom stereocenters. The molecule has 0 spiro atoms. The van der Waals surface area contributed by atoms with Gasteiger partial charge in [0, 0.05) is 26.1 Å². The molecular weight excluding hydrogens is 241 g/mol. The molecule has 0 saturated carbocycles. The fraction of sp³-hybridized carbons (Fsp3) is 0.875. The maximum atomic E-state index is 8.25. The largest absolute Gasteiger partial charge is 0.428 e. The van der Waals surface area contributed by atoms with E-state index in [1.165, 1.54) is 0 Å². The first-order valence-electron chi connectivity index (χ1n) is 4.44. The molecular formula is C8H15Cl2NO2Si. The quantitative estimate of drug-likeness (QED) is 0.372. The van der Waals surface area contributed by atoms with Crippen molar-refractivity contribution in [2.24, 2.45) is 0 Å². The van der Waals surface area contributed by atoms with E-state index in [1.807, 2.05) is 6.07 Å². The molecule has 0 aromatic carbocycles.